The van der Waals surface area contributed by atoms with Crippen molar-refractivity contribution in [3.8, 4) is 11.3 Å². The van der Waals surface area contributed by atoms with E-state index >= 15 is 0 Å². The Morgan fingerprint density at radius 3 is 2.63 bits per heavy atom. The Kier molecular flexibility index (Phi) is 4.16. The number of hydrogen-bond donors (Lipinski definition) is 0. The molecule has 1 aliphatic heterocycles. The van der Waals surface area contributed by atoms with Gasteiger partial charge in [0.2, 0.25) is 0 Å². The van der Waals surface area contributed by atoms with Gasteiger partial charge in [-0.2, -0.15) is 0 Å². The van der Waals surface area contributed by atoms with Gasteiger partial charge in [0.25, 0.3) is 11.8 Å². The summed E-state index contributed by atoms with van der Waals surface area (Å²) in [5, 5.41) is 8.01. The van der Waals surface area contributed by atoms with E-state index in [9.17, 15) is 13.6 Å². The van der Waals surface area contributed by atoms with Gasteiger partial charge in [0.15, 0.2) is 5.65 Å². The first-order valence-corrected chi connectivity index (χ1v) is 9.49. The second-order valence-corrected chi connectivity index (χ2v) is 7.39. The van der Waals surface area contributed by atoms with Crippen LogP contribution in [0.3, 0.4) is 0 Å². The number of nitrogens with zero attached hydrogens (tertiary/aromatic N) is 7. The zero-order valence-corrected chi connectivity index (χ0v) is 16.1. The van der Waals surface area contributed by atoms with Gasteiger partial charge in [0.1, 0.15) is 5.52 Å². The molecule has 5 rings (SSSR count). The van der Waals surface area contributed by atoms with Crippen LogP contribution in [0, 0.1) is 0 Å². The molecule has 0 radical (unpaired) electrons. The third-order valence-electron chi connectivity index (χ3n) is 5.31. The van der Waals surface area contributed by atoms with Gasteiger partial charge in [-0.15, -0.1) is 5.10 Å². The van der Waals surface area contributed by atoms with Crippen LogP contribution >= 0.6 is 0 Å². The molecule has 4 aromatic rings. The van der Waals surface area contributed by atoms with Crippen LogP contribution in [-0.4, -0.2) is 59.8 Å². The van der Waals surface area contributed by atoms with Crippen LogP contribution in [0.5, 0.6) is 0 Å². The lowest BCUT2D eigenvalue weighted by molar-refractivity contribution is -0.0494. The van der Waals surface area contributed by atoms with Crippen LogP contribution in [0.2, 0.25) is 0 Å². The maximum atomic E-state index is 13.4. The van der Waals surface area contributed by atoms with Gasteiger partial charge in [-0.1, -0.05) is 5.21 Å². The van der Waals surface area contributed by atoms with E-state index < -0.39 is 5.92 Å². The molecule has 0 saturated carbocycles. The van der Waals surface area contributed by atoms with Crippen molar-refractivity contribution in [1.29, 1.82) is 0 Å². The van der Waals surface area contributed by atoms with Crippen molar-refractivity contribution in [1.82, 2.24) is 34.8 Å². The SMILES string of the molecule is Cn1nnc2cc(-c3cnc4ccc(C(=O)N5CCC(F)(F)CC5)cc4n3)cnc21. The summed E-state index contributed by atoms with van der Waals surface area (Å²) >= 11 is 0. The average Bonchev–Trinajstić information content (AvgIpc) is 3.12. The number of likely N-dealkylation sites (tertiary alicyclic amines) is 1. The molecule has 1 saturated heterocycles. The normalized spacial score (nSPS) is 16.3. The first kappa shape index (κ1) is 18.5. The number of amides is 1. The van der Waals surface area contributed by atoms with Crippen LogP contribution in [0.1, 0.15) is 23.2 Å². The number of fused-ring (bicyclic) bond motifs is 2. The summed E-state index contributed by atoms with van der Waals surface area (Å²) in [5.41, 5.74) is 4.20. The summed E-state index contributed by atoms with van der Waals surface area (Å²) in [5.74, 6) is -2.97. The highest BCUT2D eigenvalue weighted by Gasteiger charge is 2.35. The van der Waals surface area contributed by atoms with Gasteiger partial charge in [-0.3, -0.25) is 9.78 Å². The van der Waals surface area contributed by atoms with E-state index in [1.54, 1.807) is 42.3 Å². The van der Waals surface area contributed by atoms with Gasteiger partial charge < -0.3 is 4.90 Å². The lowest BCUT2D eigenvalue weighted by Crippen LogP contribution is -2.42. The predicted molar refractivity (Wildman–Crippen MR) is 105 cm³/mol. The van der Waals surface area contributed by atoms with Crippen molar-refractivity contribution in [2.75, 3.05) is 13.1 Å². The minimum atomic E-state index is -2.70. The molecule has 0 aliphatic carbocycles. The fourth-order valence-electron chi connectivity index (χ4n) is 3.57. The Morgan fingerprint density at radius 1 is 1.03 bits per heavy atom. The van der Waals surface area contributed by atoms with E-state index in [1.165, 1.54) is 4.90 Å². The molecule has 0 unspecified atom stereocenters. The summed E-state index contributed by atoms with van der Waals surface area (Å²) in [6.07, 6.45) is 2.68. The minimum Gasteiger partial charge on any atom is -0.338 e. The molecule has 0 bridgehead atoms. The van der Waals surface area contributed by atoms with Crippen LogP contribution in [0.4, 0.5) is 8.78 Å². The first-order valence-electron chi connectivity index (χ1n) is 9.49. The molecular formula is C20H17F2N7O. The van der Waals surface area contributed by atoms with E-state index in [2.05, 4.69) is 25.3 Å². The van der Waals surface area contributed by atoms with Crippen LogP contribution in [0.15, 0.2) is 36.7 Å². The lowest BCUT2D eigenvalue weighted by Gasteiger charge is -2.31. The molecule has 8 nitrogen and oxygen atoms in total. The zero-order valence-electron chi connectivity index (χ0n) is 16.1. The number of alkyl halides is 2. The standard InChI is InChI=1S/C20H17F2N7O/c1-28-18-16(26-27-28)9-13(10-24-18)17-11-23-14-3-2-12(8-15(14)25-17)19(30)29-6-4-20(21,22)5-7-29/h2-3,8-11H,4-7H2,1H3. The molecule has 152 valence electrons. The highest BCUT2D eigenvalue weighted by atomic mass is 19.3. The zero-order chi connectivity index (χ0) is 20.9. The number of carbonyl (C=O) groups is 1. The van der Waals surface area contributed by atoms with Crippen molar-refractivity contribution in [3.05, 3.63) is 42.2 Å². The molecule has 10 heteroatoms. The summed E-state index contributed by atoms with van der Waals surface area (Å²) in [7, 11) is 1.76. The van der Waals surface area contributed by atoms with Crippen molar-refractivity contribution < 1.29 is 13.6 Å². The maximum absolute atomic E-state index is 13.4. The number of piperidine rings is 1. The Bertz CT molecular complexity index is 1280. The Balaban J connectivity index is 1.47. The van der Waals surface area contributed by atoms with Crippen LogP contribution in [-0.2, 0) is 7.05 Å². The Labute approximate surface area is 169 Å². The van der Waals surface area contributed by atoms with Gasteiger partial charge in [-0.25, -0.2) is 23.4 Å². The van der Waals surface area contributed by atoms with Crippen molar-refractivity contribution in [3.63, 3.8) is 0 Å². The minimum absolute atomic E-state index is 0.0411. The second kappa shape index (κ2) is 6.75. The summed E-state index contributed by atoms with van der Waals surface area (Å²) < 4.78 is 28.4. The number of carbonyl (C=O) groups excluding carboxylic acids is 1. The van der Waals surface area contributed by atoms with Crippen molar-refractivity contribution in [2.45, 2.75) is 18.8 Å². The number of rotatable bonds is 2. The summed E-state index contributed by atoms with van der Waals surface area (Å²) in [6, 6.07) is 6.84. The fraction of sp³-hybridized carbons (Fsp3) is 0.300. The smallest absolute Gasteiger partial charge is 0.253 e. The third kappa shape index (κ3) is 3.23. The molecule has 1 fully saturated rings. The Morgan fingerprint density at radius 2 is 1.83 bits per heavy atom. The Hall–Kier alpha value is -3.56. The van der Waals surface area contributed by atoms with Crippen molar-refractivity contribution >= 4 is 28.1 Å². The van der Waals surface area contributed by atoms with E-state index in [1.807, 2.05) is 6.07 Å². The average molecular weight is 409 g/mol. The number of benzene rings is 1. The van der Waals surface area contributed by atoms with Crippen LogP contribution < -0.4 is 0 Å². The molecule has 1 aromatic carbocycles. The van der Waals surface area contributed by atoms with E-state index in [4.69, 9.17) is 0 Å². The quantitative estimate of drug-likeness (QED) is 0.506. The molecule has 0 atom stereocenters. The number of hydrogen-bond acceptors (Lipinski definition) is 6. The van der Waals surface area contributed by atoms with Crippen LogP contribution in [0.25, 0.3) is 33.5 Å². The molecule has 1 amide bonds. The van der Waals surface area contributed by atoms with Gasteiger partial charge in [0.05, 0.1) is 22.9 Å². The highest BCUT2D eigenvalue weighted by molar-refractivity contribution is 5.97. The molecule has 0 N–H and O–H groups in total. The summed E-state index contributed by atoms with van der Waals surface area (Å²) in [6.45, 7) is 0.0821. The largest absolute Gasteiger partial charge is 0.338 e. The van der Waals surface area contributed by atoms with E-state index in [0.717, 1.165) is 5.56 Å². The molecule has 4 heterocycles. The molecule has 30 heavy (non-hydrogen) atoms. The molecule has 3 aromatic heterocycles. The second-order valence-electron chi connectivity index (χ2n) is 7.39. The van der Waals surface area contributed by atoms with Gasteiger partial charge in [0, 0.05) is 50.3 Å². The number of aromatic nitrogens is 6. The third-order valence-corrected chi connectivity index (χ3v) is 5.31. The lowest BCUT2D eigenvalue weighted by atomic mass is 10.1. The number of aryl methyl sites for hydroxylation is 1. The molecule has 1 aliphatic rings. The highest BCUT2D eigenvalue weighted by Crippen LogP contribution is 2.29. The van der Waals surface area contributed by atoms with E-state index in [-0.39, 0.29) is 31.8 Å². The summed E-state index contributed by atoms with van der Waals surface area (Å²) in [4.78, 5) is 27.6. The van der Waals surface area contributed by atoms with E-state index in [0.29, 0.717) is 33.5 Å². The van der Waals surface area contributed by atoms with Gasteiger partial charge >= 0.3 is 0 Å². The topological polar surface area (TPSA) is 89.7 Å². The van der Waals surface area contributed by atoms with Crippen molar-refractivity contribution in [2.24, 2.45) is 7.05 Å². The number of pyridine rings is 1. The molecule has 0 spiro atoms. The first-order chi connectivity index (χ1) is 14.4. The fourth-order valence-corrected chi connectivity index (χ4v) is 3.57. The monoisotopic (exact) mass is 409 g/mol. The predicted octanol–water partition coefficient (Wildman–Crippen LogP) is 2.84. The maximum Gasteiger partial charge on any atom is 0.253 e. The number of halogens is 2. The molecular weight excluding hydrogens is 392 g/mol. The van der Waals surface area contributed by atoms with Gasteiger partial charge in [-0.05, 0) is 24.3 Å².